The van der Waals surface area contributed by atoms with Gasteiger partial charge >= 0.3 is 0 Å². The van der Waals surface area contributed by atoms with Crippen molar-refractivity contribution in [2.24, 2.45) is 0 Å². The highest BCUT2D eigenvalue weighted by Crippen LogP contribution is 2.25. The first-order chi connectivity index (χ1) is 9.33. The van der Waals surface area contributed by atoms with E-state index >= 15 is 0 Å². The fourth-order valence-corrected chi connectivity index (χ4v) is 2.21. The maximum atomic E-state index is 5.24. The van der Waals surface area contributed by atoms with Gasteiger partial charge in [-0.1, -0.05) is 0 Å². The molecule has 6 nitrogen and oxygen atoms in total. The fraction of sp³-hybridized carbons (Fsp3) is 0.308. The number of fused-ring (bicyclic) bond motifs is 3. The van der Waals surface area contributed by atoms with E-state index < -0.39 is 0 Å². The van der Waals surface area contributed by atoms with Crippen molar-refractivity contribution < 1.29 is 9.47 Å². The van der Waals surface area contributed by atoms with Crippen LogP contribution in [0.3, 0.4) is 0 Å². The first kappa shape index (κ1) is 12.0. The van der Waals surface area contributed by atoms with Crippen molar-refractivity contribution in [3.05, 3.63) is 29.5 Å². The van der Waals surface area contributed by atoms with Crippen molar-refractivity contribution in [3.63, 3.8) is 0 Å². The van der Waals surface area contributed by atoms with Crippen molar-refractivity contribution in [2.45, 2.75) is 13.2 Å². The second kappa shape index (κ2) is 4.91. The van der Waals surface area contributed by atoms with Crippen LogP contribution in [0.4, 0.5) is 0 Å². The Labute approximate surface area is 109 Å². The molecule has 0 fully saturated rings. The quantitative estimate of drug-likeness (QED) is 0.772. The molecule has 3 aromatic rings. The molecular weight excluding hydrogens is 244 g/mol. The number of benzene rings is 1. The molecule has 1 aromatic carbocycles. The van der Waals surface area contributed by atoms with E-state index in [1.54, 1.807) is 20.4 Å². The van der Waals surface area contributed by atoms with Gasteiger partial charge in [0.2, 0.25) is 0 Å². The number of rotatable bonds is 4. The molecule has 0 unspecified atom stereocenters. The maximum Gasteiger partial charge on any atom is 0.178 e. The molecule has 0 saturated heterocycles. The number of nitrogens with zero attached hydrogens (tertiary/aromatic N) is 3. The van der Waals surface area contributed by atoms with Crippen LogP contribution < -0.4 is 0 Å². The summed E-state index contributed by atoms with van der Waals surface area (Å²) < 4.78 is 10.5. The van der Waals surface area contributed by atoms with Crippen molar-refractivity contribution in [1.29, 1.82) is 0 Å². The molecule has 19 heavy (non-hydrogen) atoms. The number of aromatic nitrogens is 4. The first-order valence-corrected chi connectivity index (χ1v) is 5.92. The predicted molar refractivity (Wildman–Crippen MR) is 70.6 cm³/mol. The monoisotopic (exact) mass is 258 g/mol. The van der Waals surface area contributed by atoms with E-state index in [0.29, 0.717) is 18.9 Å². The highest BCUT2D eigenvalue weighted by molar-refractivity contribution is 6.02. The number of methoxy groups -OCH3 is 2. The zero-order valence-corrected chi connectivity index (χ0v) is 10.8. The summed E-state index contributed by atoms with van der Waals surface area (Å²) in [5.41, 5.74) is 3.68. The molecule has 0 aliphatic carbocycles. The lowest BCUT2D eigenvalue weighted by Crippen LogP contribution is -1.99. The Bertz CT molecular complexity index is 723. The minimum Gasteiger partial charge on any atom is -0.380 e. The summed E-state index contributed by atoms with van der Waals surface area (Å²) in [7, 11) is 3.35. The van der Waals surface area contributed by atoms with E-state index in [1.807, 2.05) is 6.07 Å². The molecule has 0 radical (unpaired) electrons. The molecule has 98 valence electrons. The number of hydrogen-bond donors (Lipinski definition) is 1. The van der Waals surface area contributed by atoms with Crippen LogP contribution in [0.5, 0.6) is 0 Å². The van der Waals surface area contributed by atoms with Crippen molar-refractivity contribution in [1.82, 2.24) is 20.4 Å². The molecular formula is C13H14N4O2. The zero-order chi connectivity index (χ0) is 13.2. The Balaban J connectivity index is 2.27. The molecule has 0 saturated carbocycles. The maximum absolute atomic E-state index is 5.24. The molecule has 0 aliphatic rings. The number of aromatic amines is 1. The fourth-order valence-electron chi connectivity index (χ4n) is 2.21. The van der Waals surface area contributed by atoms with E-state index in [4.69, 9.17) is 9.47 Å². The van der Waals surface area contributed by atoms with Crippen LogP contribution in [0.15, 0.2) is 18.3 Å². The Kier molecular flexibility index (Phi) is 3.10. The van der Waals surface area contributed by atoms with Gasteiger partial charge in [0, 0.05) is 19.6 Å². The summed E-state index contributed by atoms with van der Waals surface area (Å²) in [5, 5.41) is 17.1. The molecule has 3 rings (SSSR count). The van der Waals surface area contributed by atoms with Crippen LogP contribution in [0.1, 0.15) is 11.1 Å². The SMILES string of the molecule is COCc1cc2nnc3[nH]ncc3c2cc1COC. The molecule has 0 aliphatic heterocycles. The average Bonchev–Trinajstić information content (AvgIpc) is 2.89. The molecule has 0 amide bonds. The molecule has 1 N–H and O–H groups in total. The van der Waals surface area contributed by atoms with Crippen LogP contribution >= 0.6 is 0 Å². The highest BCUT2D eigenvalue weighted by atomic mass is 16.5. The Morgan fingerprint density at radius 2 is 1.74 bits per heavy atom. The van der Waals surface area contributed by atoms with Gasteiger partial charge in [0.15, 0.2) is 5.65 Å². The van der Waals surface area contributed by atoms with E-state index in [1.165, 1.54) is 0 Å². The molecule has 2 heterocycles. The summed E-state index contributed by atoms with van der Waals surface area (Å²) in [5.74, 6) is 0. The minimum absolute atomic E-state index is 0.528. The van der Waals surface area contributed by atoms with Crippen LogP contribution in [0, 0.1) is 0 Å². The number of ether oxygens (including phenoxy) is 2. The minimum atomic E-state index is 0.528. The molecule has 6 heteroatoms. The standard InChI is InChI=1S/C13H14N4O2/c1-18-6-8-3-10-11-5-14-16-13(11)17-15-12(10)4-9(8)7-19-2/h3-5H,6-7H2,1-2H3,(H,14,16,17). The van der Waals surface area contributed by atoms with Crippen molar-refractivity contribution in [2.75, 3.05) is 14.2 Å². The highest BCUT2D eigenvalue weighted by Gasteiger charge is 2.10. The third-order valence-electron chi connectivity index (χ3n) is 3.08. The van der Waals surface area contributed by atoms with Crippen molar-refractivity contribution in [3.8, 4) is 0 Å². The molecule has 0 bridgehead atoms. The Morgan fingerprint density at radius 1 is 1.00 bits per heavy atom. The summed E-state index contributed by atoms with van der Waals surface area (Å²) >= 11 is 0. The van der Waals surface area contributed by atoms with Crippen LogP contribution in [-0.4, -0.2) is 34.6 Å². The molecule has 0 spiro atoms. The van der Waals surface area contributed by atoms with E-state index in [0.717, 1.165) is 27.4 Å². The summed E-state index contributed by atoms with van der Waals surface area (Å²) in [4.78, 5) is 0. The van der Waals surface area contributed by atoms with E-state index in [-0.39, 0.29) is 0 Å². The topological polar surface area (TPSA) is 72.9 Å². The van der Waals surface area contributed by atoms with Gasteiger partial charge in [-0.05, 0) is 23.3 Å². The van der Waals surface area contributed by atoms with Crippen LogP contribution in [0.2, 0.25) is 0 Å². The van der Waals surface area contributed by atoms with Gasteiger partial charge in [-0.15, -0.1) is 10.2 Å². The number of H-pyrrole nitrogens is 1. The van der Waals surface area contributed by atoms with Gasteiger partial charge < -0.3 is 9.47 Å². The zero-order valence-electron chi connectivity index (χ0n) is 10.8. The summed E-state index contributed by atoms with van der Waals surface area (Å²) in [6.07, 6.45) is 1.76. The van der Waals surface area contributed by atoms with Crippen LogP contribution in [0.25, 0.3) is 21.9 Å². The Morgan fingerprint density at radius 3 is 2.47 bits per heavy atom. The summed E-state index contributed by atoms with van der Waals surface area (Å²) in [6, 6.07) is 4.06. The largest absolute Gasteiger partial charge is 0.380 e. The normalized spacial score (nSPS) is 11.5. The lowest BCUT2D eigenvalue weighted by molar-refractivity contribution is 0.168. The lowest BCUT2D eigenvalue weighted by atomic mass is 10.0. The van der Waals surface area contributed by atoms with Crippen LogP contribution in [-0.2, 0) is 22.7 Å². The van der Waals surface area contributed by atoms with Gasteiger partial charge in [0.1, 0.15) is 0 Å². The van der Waals surface area contributed by atoms with Gasteiger partial charge in [-0.25, -0.2) is 0 Å². The molecule has 2 aromatic heterocycles. The van der Waals surface area contributed by atoms with E-state index in [2.05, 4.69) is 26.5 Å². The third-order valence-corrected chi connectivity index (χ3v) is 3.08. The lowest BCUT2D eigenvalue weighted by Gasteiger charge is -2.10. The number of hydrogen-bond acceptors (Lipinski definition) is 5. The summed E-state index contributed by atoms with van der Waals surface area (Å²) in [6.45, 7) is 1.07. The van der Waals surface area contributed by atoms with E-state index in [9.17, 15) is 0 Å². The second-order valence-corrected chi connectivity index (χ2v) is 4.34. The van der Waals surface area contributed by atoms with Gasteiger partial charge in [0.25, 0.3) is 0 Å². The van der Waals surface area contributed by atoms with Gasteiger partial charge in [0.05, 0.1) is 30.3 Å². The second-order valence-electron chi connectivity index (χ2n) is 4.34. The third kappa shape index (κ3) is 2.05. The van der Waals surface area contributed by atoms with Gasteiger partial charge in [-0.2, -0.15) is 5.10 Å². The molecule has 0 atom stereocenters. The van der Waals surface area contributed by atoms with Gasteiger partial charge in [-0.3, -0.25) is 5.10 Å². The average molecular weight is 258 g/mol. The van der Waals surface area contributed by atoms with Crippen molar-refractivity contribution >= 4 is 21.9 Å². The smallest absolute Gasteiger partial charge is 0.178 e. The Hall–Kier alpha value is -2.05. The predicted octanol–water partition coefficient (Wildman–Crippen LogP) is 1.80. The number of nitrogens with one attached hydrogen (secondary N) is 1. The first-order valence-electron chi connectivity index (χ1n) is 5.92.